The predicted molar refractivity (Wildman–Crippen MR) is 99.1 cm³/mol. The molecule has 2 fully saturated rings. The zero-order valence-electron chi connectivity index (χ0n) is 15.2. The number of likely N-dealkylation sites (tertiary alicyclic amines) is 1. The van der Waals surface area contributed by atoms with E-state index in [1.165, 1.54) is 51.6 Å². The number of nitro benzene ring substituents is 1. The van der Waals surface area contributed by atoms with E-state index in [1.807, 2.05) is 6.07 Å². The molecule has 2 aliphatic rings. The van der Waals surface area contributed by atoms with Crippen molar-refractivity contribution in [1.82, 2.24) is 4.90 Å². The normalized spacial score (nSPS) is 22.6. The van der Waals surface area contributed by atoms with Crippen molar-refractivity contribution >= 4 is 11.4 Å². The molecule has 0 saturated carbocycles. The Morgan fingerprint density at radius 2 is 1.92 bits per heavy atom. The summed E-state index contributed by atoms with van der Waals surface area (Å²) in [6, 6.07) is 5.77. The molecule has 2 heterocycles. The van der Waals surface area contributed by atoms with Crippen LogP contribution in [0, 0.1) is 10.1 Å². The molecule has 2 aliphatic heterocycles. The van der Waals surface area contributed by atoms with Crippen molar-refractivity contribution in [2.75, 3.05) is 38.2 Å². The average molecular weight is 347 g/mol. The lowest BCUT2D eigenvalue weighted by Gasteiger charge is -2.40. The van der Waals surface area contributed by atoms with Crippen LogP contribution in [0.1, 0.15) is 44.1 Å². The third-order valence-electron chi connectivity index (χ3n) is 5.47. The molecule has 3 rings (SSSR count). The molecular formula is C19H29N3O3. The second kappa shape index (κ2) is 8.63. The highest BCUT2D eigenvalue weighted by Gasteiger charge is 2.27. The molecule has 1 unspecified atom stereocenters. The average Bonchev–Trinajstić information content (AvgIpc) is 2.91. The Morgan fingerprint density at radius 3 is 2.60 bits per heavy atom. The maximum atomic E-state index is 11.1. The van der Waals surface area contributed by atoms with Gasteiger partial charge in [-0.2, -0.15) is 0 Å². The number of hydrogen-bond donors (Lipinski definition) is 0. The minimum atomic E-state index is -0.334. The van der Waals surface area contributed by atoms with Crippen molar-refractivity contribution < 1.29 is 9.66 Å². The van der Waals surface area contributed by atoms with E-state index in [4.69, 9.17) is 4.74 Å². The van der Waals surface area contributed by atoms with Gasteiger partial charge in [-0.05, 0) is 44.8 Å². The van der Waals surface area contributed by atoms with E-state index in [9.17, 15) is 10.1 Å². The van der Waals surface area contributed by atoms with Crippen LogP contribution >= 0.6 is 0 Å². The molecule has 0 spiro atoms. The summed E-state index contributed by atoms with van der Waals surface area (Å²) < 4.78 is 5.29. The number of nitro groups is 1. The van der Waals surface area contributed by atoms with Gasteiger partial charge in [-0.3, -0.25) is 15.0 Å². The van der Waals surface area contributed by atoms with Gasteiger partial charge in [-0.1, -0.05) is 12.8 Å². The molecule has 2 saturated heterocycles. The van der Waals surface area contributed by atoms with Gasteiger partial charge in [0, 0.05) is 49.6 Å². The van der Waals surface area contributed by atoms with Crippen LogP contribution in [0.15, 0.2) is 18.2 Å². The number of nitrogens with zero attached hydrogens (tertiary/aromatic N) is 3. The third-order valence-corrected chi connectivity index (χ3v) is 5.47. The van der Waals surface area contributed by atoms with Crippen LogP contribution in [0.3, 0.4) is 0 Å². The third kappa shape index (κ3) is 4.50. The molecule has 0 aliphatic carbocycles. The lowest BCUT2D eigenvalue weighted by Crippen LogP contribution is -2.48. The SMILES string of the molecule is COCc1cc([N+](=O)[O-])ccc1N1CCCC(N2CCCCCC2)C1. The number of hydrogen-bond acceptors (Lipinski definition) is 5. The number of benzene rings is 1. The maximum Gasteiger partial charge on any atom is 0.269 e. The number of anilines is 1. The van der Waals surface area contributed by atoms with Crippen molar-refractivity contribution in [3.05, 3.63) is 33.9 Å². The van der Waals surface area contributed by atoms with Crippen LogP contribution in [-0.2, 0) is 11.3 Å². The van der Waals surface area contributed by atoms with Gasteiger partial charge in [0.1, 0.15) is 0 Å². The molecule has 0 N–H and O–H groups in total. The van der Waals surface area contributed by atoms with Gasteiger partial charge in [0.15, 0.2) is 0 Å². The van der Waals surface area contributed by atoms with Crippen molar-refractivity contribution in [3.63, 3.8) is 0 Å². The highest BCUT2D eigenvalue weighted by atomic mass is 16.6. The molecule has 138 valence electrons. The quantitative estimate of drug-likeness (QED) is 0.602. The second-order valence-electron chi connectivity index (χ2n) is 7.20. The Hall–Kier alpha value is -1.66. The Bertz CT molecular complexity index is 585. The Labute approximate surface area is 149 Å². The molecular weight excluding hydrogens is 318 g/mol. The monoisotopic (exact) mass is 347 g/mol. The summed E-state index contributed by atoms with van der Waals surface area (Å²) in [5.74, 6) is 0. The molecule has 0 bridgehead atoms. The smallest absolute Gasteiger partial charge is 0.269 e. The lowest BCUT2D eigenvalue weighted by atomic mass is 10.0. The number of piperidine rings is 1. The largest absolute Gasteiger partial charge is 0.380 e. The van der Waals surface area contributed by atoms with Crippen molar-refractivity contribution in [2.24, 2.45) is 0 Å². The molecule has 6 nitrogen and oxygen atoms in total. The van der Waals surface area contributed by atoms with Gasteiger partial charge in [0.05, 0.1) is 11.5 Å². The van der Waals surface area contributed by atoms with E-state index < -0.39 is 0 Å². The van der Waals surface area contributed by atoms with E-state index in [0.29, 0.717) is 12.6 Å². The fraction of sp³-hybridized carbons (Fsp3) is 0.684. The number of rotatable bonds is 5. The van der Waals surface area contributed by atoms with E-state index in [0.717, 1.165) is 24.3 Å². The summed E-state index contributed by atoms with van der Waals surface area (Å²) >= 11 is 0. The first-order chi connectivity index (χ1) is 12.2. The van der Waals surface area contributed by atoms with E-state index in [-0.39, 0.29) is 10.6 Å². The first-order valence-corrected chi connectivity index (χ1v) is 9.44. The van der Waals surface area contributed by atoms with Crippen molar-refractivity contribution in [1.29, 1.82) is 0 Å². The highest BCUT2D eigenvalue weighted by molar-refractivity contribution is 5.58. The maximum absolute atomic E-state index is 11.1. The summed E-state index contributed by atoms with van der Waals surface area (Å²) in [7, 11) is 1.64. The van der Waals surface area contributed by atoms with Gasteiger partial charge in [-0.15, -0.1) is 0 Å². The fourth-order valence-electron chi connectivity index (χ4n) is 4.20. The molecule has 1 atom stereocenters. The van der Waals surface area contributed by atoms with Crippen LogP contribution in [0.5, 0.6) is 0 Å². The zero-order valence-corrected chi connectivity index (χ0v) is 15.2. The molecule has 6 heteroatoms. The number of ether oxygens (including phenoxy) is 1. The van der Waals surface area contributed by atoms with E-state index >= 15 is 0 Å². The van der Waals surface area contributed by atoms with E-state index in [2.05, 4.69) is 9.80 Å². The summed E-state index contributed by atoms with van der Waals surface area (Å²) in [4.78, 5) is 15.8. The summed E-state index contributed by atoms with van der Waals surface area (Å²) in [5, 5.41) is 11.1. The van der Waals surface area contributed by atoms with E-state index in [1.54, 1.807) is 19.2 Å². The molecule has 25 heavy (non-hydrogen) atoms. The summed E-state index contributed by atoms with van der Waals surface area (Å²) in [6.45, 7) is 4.85. The molecule has 1 aromatic carbocycles. The van der Waals surface area contributed by atoms with Crippen LogP contribution < -0.4 is 4.90 Å². The predicted octanol–water partition coefficient (Wildman–Crippen LogP) is 3.59. The molecule has 0 radical (unpaired) electrons. The summed E-state index contributed by atoms with van der Waals surface area (Å²) in [6.07, 6.45) is 7.75. The van der Waals surface area contributed by atoms with Gasteiger partial charge in [0.2, 0.25) is 0 Å². The summed E-state index contributed by atoms with van der Waals surface area (Å²) in [5.41, 5.74) is 2.14. The Kier molecular flexibility index (Phi) is 6.26. The molecule has 0 aromatic heterocycles. The number of non-ortho nitro benzene ring substituents is 1. The van der Waals surface area contributed by atoms with Gasteiger partial charge < -0.3 is 9.64 Å². The lowest BCUT2D eigenvalue weighted by molar-refractivity contribution is -0.384. The zero-order chi connectivity index (χ0) is 17.6. The van der Waals surface area contributed by atoms with Gasteiger partial charge >= 0.3 is 0 Å². The Balaban J connectivity index is 1.76. The van der Waals surface area contributed by atoms with Crippen LogP contribution in [0.2, 0.25) is 0 Å². The van der Waals surface area contributed by atoms with Gasteiger partial charge in [-0.25, -0.2) is 0 Å². The van der Waals surface area contributed by atoms with Crippen LogP contribution in [0.25, 0.3) is 0 Å². The molecule has 1 aromatic rings. The molecule has 0 amide bonds. The minimum absolute atomic E-state index is 0.136. The van der Waals surface area contributed by atoms with Crippen LogP contribution in [-0.4, -0.2) is 49.2 Å². The standard InChI is InChI=1S/C19H29N3O3/c1-25-15-16-13-17(22(23)24)8-9-19(16)21-12-6-7-18(14-21)20-10-4-2-3-5-11-20/h8-9,13,18H,2-7,10-12,14-15H2,1H3. The van der Waals surface area contributed by atoms with Crippen molar-refractivity contribution in [2.45, 2.75) is 51.2 Å². The van der Waals surface area contributed by atoms with Crippen molar-refractivity contribution in [3.8, 4) is 0 Å². The fourth-order valence-corrected chi connectivity index (χ4v) is 4.20. The second-order valence-corrected chi connectivity index (χ2v) is 7.20. The van der Waals surface area contributed by atoms with Crippen LogP contribution in [0.4, 0.5) is 11.4 Å². The highest BCUT2D eigenvalue weighted by Crippen LogP contribution is 2.30. The first kappa shape index (κ1) is 18.1. The minimum Gasteiger partial charge on any atom is -0.380 e. The number of methoxy groups -OCH3 is 1. The first-order valence-electron chi connectivity index (χ1n) is 9.44. The topological polar surface area (TPSA) is 58.9 Å². The Morgan fingerprint density at radius 1 is 1.16 bits per heavy atom. The van der Waals surface area contributed by atoms with Gasteiger partial charge in [0.25, 0.3) is 5.69 Å².